The van der Waals surface area contributed by atoms with Gasteiger partial charge in [-0.1, -0.05) is 18.2 Å². The molecule has 1 unspecified atom stereocenters. The van der Waals surface area contributed by atoms with Crippen molar-refractivity contribution in [3.63, 3.8) is 0 Å². The van der Waals surface area contributed by atoms with Gasteiger partial charge in [0.05, 0.1) is 22.3 Å². The van der Waals surface area contributed by atoms with Gasteiger partial charge in [0, 0.05) is 5.56 Å². The summed E-state index contributed by atoms with van der Waals surface area (Å²) in [5, 5.41) is 9.07. The van der Waals surface area contributed by atoms with Gasteiger partial charge in [-0.3, -0.25) is 0 Å². The van der Waals surface area contributed by atoms with Crippen molar-refractivity contribution in [2.75, 3.05) is 13.3 Å². The minimum absolute atomic E-state index is 0.299. The van der Waals surface area contributed by atoms with Crippen LogP contribution in [-0.4, -0.2) is 33.5 Å². The summed E-state index contributed by atoms with van der Waals surface area (Å²) in [7, 11) is -1.85. The molecule has 1 aromatic carbocycles. The second-order valence-corrected chi connectivity index (χ2v) is 7.68. The van der Waals surface area contributed by atoms with Crippen molar-refractivity contribution in [3.05, 3.63) is 35.6 Å². The molecule has 0 bridgehead atoms. The van der Waals surface area contributed by atoms with Crippen LogP contribution in [-0.2, 0) is 16.5 Å². The van der Waals surface area contributed by atoms with Gasteiger partial charge in [-0.2, -0.15) is 0 Å². The van der Waals surface area contributed by atoms with E-state index in [2.05, 4.69) is 4.72 Å². The summed E-state index contributed by atoms with van der Waals surface area (Å²) >= 11 is 0. The second kappa shape index (κ2) is 6.89. The molecular formula is C14H20F3NO2S. The Balaban J connectivity index is 3.36. The maximum Gasteiger partial charge on any atom is 0.149 e. The Morgan fingerprint density at radius 3 is 2.33 bits per heavy atom. The highest BCUT2D eigenvalue weighted by molar-refractivity contribution is 7.84. The highest BCUT2D eigenvalue weighted by Crippen LogP contribution is 2.32. The van der Waals surface area contributed by atoms with Gasteiger partial charge in [0.15, 0.2) is 0 Å². The smallest absolute Gasteiger partial charge is 0.149 e. The summed E-state index contributed by atoms with van der Waals surface area (Å²) in [5.41, 5.74) is -2.50. The van der Waals surface area contributed by atoms with Crippen LogP contribution >= 0.6 is 0 Å². The number of aliphatic hydroxyl groups is 1. The molecule has 0 amide bonds. The summed E-state index contributed by atoms with van der Waals surface area (Å²) in [6.07, 6.45) is -2.15. The van der Waals surface area contributed by atoms with Gasteiger partial charge in [0.1, 0.15) is 24.2 Å². The SMILES string of the molecule is CC(C)(C)S(=O)N[C@](CF)(c1ccccc1F)[C@@H](F)CO. The summed E-state index contributed by atoms with van der Waals surface area (Å²) in [5.74, 6) is -0.829. The van der Waals surface area contributed by atoms with Crippen LogP contribution in [0, 0.1) is 5.82 Å². The van der Waals surface area contributed by atoms with Crippen LogP contribution in [0.4, 0.5) is 13.2 Å². The largest absolute Gasteiger partial charge is 0.393 e. The summed E-state index contributed by atoms with van der Waals surface area (Å²) < 4.78 is 55.6. The molecule has 0 aliphatic carbocycles. The van der Waals surface area contributed by atoms with E-state index in [0.29, 0.717) is 0 Å². The van der Waals surface area contributed by atoms with Crippen molar-refractivity contribution in [2.45, 2.75) is 37.2 Å². The molecule has 0 heterocycles. The summed E-state index contributed by atoms with van der Waals surface area (Å²) in [6.45, 7) is 2.48. The van der Waals surface area contributed by atoms with Crippen LogP contribution in [0.2, 0.25) is 0 Å². The van der Waals surface area contributed by atoms with Crippen molar-refractivity contribution in [1.82, 2.24) is 4.72 Å². The van der Waals surface area contributed by atoms with Crippen molar-refractivity contribution in [2.24, 2.45) is 0 Å². The normalized spacial score (nSPS) is 18.0. The third-order valence-corrected chi connectivity index (χ3v) is 4.75. The van der Waals surface area contributed by atoms with E-state index in [1.807, 2.05) is 0 Å². The fourth-order valence-electron chi connectivity index (χ4n) is 1.77. The van der Waals surface area contributed by atoms with E-state index < -0.39 is 46.5 Å². The minimum atomic E-state index is -2.20. The van der Waals surface area contributed by atoms with Gasteiger partial charge in [-0.05, 0) is 26.8 Å². The van der Waals surface area contributed by atoms with Crippen LogP contribution in [0.5, 0.6) is 0 Å². The molecule has 21 heavy (non-hydrogen) atoms. The summed E-state index contributed by atoms with van der Waals surface area (Å²) in [4.78, 5) is 0. The number of nitrogens with one attached hydrogen (secondary N) is 1. The van der Waals surface area contributed by atoms with E-state index in [0.717, 1.165) is 6.07 Å². The molecule has 0 aliphatic rings. The first-order chi connectivity index (χ1) is 9.69. The molecule has 0 saturated heterocycles. The van der Waals surface area contributed by atoms with E-state index in [-0.39, 0.29) is 5.56 Å². The van der Waals surface area contributed by atoms with Gasteiger partial charge in [-0.15, -0.1) is 0 Å². The maximum atomic E-state index is 14.2. The lowest BCUT2D eigenvalue weighted by molar-refractivity contribution is 0.0742. The van der Waals surface area contributed by atoms with Crippen LogP contribution < -0.4 is 4.72 Å². The van der Waals surface area contributed by atoms with Crippen LogP contribution in [0.1, 0.15) is 26.3 Å². The van der Waals surface area contributed by atoms with Gasteiger partial charge in [-0.25, -0.2) is 22.1 Å². The Kier molecular flexibility index (Phi) is 5.95. The van der Waals surface area contributed by atoms with Crippen LogP contribution in [0.25, 0.3) is 0 Å². The molecule has 120 valence electrons. The second-order valence-electron chi connectivity index (χ2n) is 5.72. The molecule has 0 radical (unpaired) electrons. The molecule has 0 fully saturated rings. The number of rotatable bonds is 6. The van der Waals surface area contributed by atoms with E-state index in [1.54, 1.807) is 20.8 Å². The van der Waals surface area contributed by atoms with E-state index in [9.17, 15) is 17.4 Å². The van der Waals surface area contributed by atoms with Crippen molar-refractivity contribution < 1.29 is 22.5 Å². The molecule has 0 spiro atoms. The monoisotopic (exact) mass is 323 g/mol. The third-order valence-electron chi connectivity index (χ3n) is 3.09. The molecule has 2 N–H and O–H groups in total. The van der Waals surface area contributed by atoms with Crippen molar-refractivity contribution in [1.29, 1.82) is 0 Å². The molecule has 0 aromatic heterocycles. The minimum Gasteiger partial charge on any atom is -0.393 e. The first-order valence-electron chi connectivity index (χ1n) is 6.44. The average molecular weight is 323 g/mol. The predicted molar refractivity (Wildman–Crippen MR) is 77.1 cm³/mol. The topological polar surface area (TPSA) is 49.3 Å². The van der Waals surface area contributed by atoms with Crippen LogP contribution in [0.15, 0.2) is 24.3 Å². The lowest BCUT2D eigenvalue weighted by Gasteiger charge is -2.36. The predicted octanol–water partition coefficient (Wildman–Crippen LogP) is 2.37. The van der Waals surface area contributed by atoms with Crippen molar-refractivity contribution in [3.8, 4) is 0 Å². The Hall–Kier alpha value is -0.920. The van der Waals surface area contributed by atoms with Gasteiger partial charge in [0.2, 0.25) is 0 Å². The van der Waals surface area contributed by atoms with Gasteiger partial charge in [0.25, 0.3) is 0 Å². The fourth-order valence-corrected chi connectivity index (χ4v) is 2.70. The molecule has 3 atom stereocenters. The zero-order valence-electron chi connectivity index (χ0n) is 12.2. The first kappa shape index (κ1) is 18.1. The zero-order chi connectivity index (χ0) is 16.3. The standard InChI is InChI=1S/C14H20F3NO2S/c1-13(2,3)21(20)18-14(9-15,12(17)8-19)10-6-4-5-7-11(10)16/h4-7,12,18-19H,8-9H2,1-3H3/t12-,14+,21?/m0/s1. The fraction of sp³-hybridized carbons (Fsp3) is 0.571. The Morgan fingerprint density at radius 1 is 1.33 bits per heavy atom. The molecule has 0 saturated carbocycles. The van der Waals surface area contributed by atoms with Gasteiger partial charge >= 0.3 is 0 Å². The lowest BCUT2D eigenvalue weighted by Crippen LogP contribution is -2.56. The highest BCUT2D eigenvalue weighted by Gasteiger charge is 2.45. The zero-order valence-corrected chi connectivity index (χ0v) is 13.0. The highest BCUT2D eigenvalue weighted by atomic mass is 32.2. The Morgan fingerprint density at radius 2 is 1.90 bits per heavy atom. The van der Waals surface area contributed by atoms with E-state index >= 15 is 0 Å². The maximum absolute atomic E-state index is 14.2. The third kappa shape index (κ3) is 3.84. The number of alkyl halides is 2. The lowest BCUT2D eigenvalue weighted by atomic mass is 9.87. The number of benzene rings is 1. The molecule has 3 nitrogen and oxygen atoms in total. The van der Waals surface area contributed by atoms with E-state index in [1.165, 1.54) is 18.2 Å². The van der Waals surface area contributed by atoms with E-state index in [4.69, 9.17) is 5.11 Å². The average Bonchev–Trinajstić information content (AvgIpc) is 2.43. The van der Waals surface area contributed by atoms with Gasteiger partial charge < -0.3 is 5.11 Å². The Labute approximate surface area is 125 Å². The quantitative estimate of drug-likeness (QED) is 0.844. The molecule has 0 aliphatic heterocycles. The number of hydrogen-bond acceptors (Lipinski definition) is 2. The number of hydrogen-bond donors (Lipinski definition) is 2. The first-order valence-corrected chi connectivity index (χ1v) is 7.59. The van der Waals surface area contributed by atoms with Crippen molar-refractivity contribution >= 4 is 11.0 Å². The molecule has 7 heteroatoms. The molecule has 1 aromatic rings. The number of aliphatic hydroxyl groups excluding tert-OH is 1. The molecule has 1 rings (SSSR count). The molecular weight excluding hydrogens is 303 g/mol. The summed E-state index contributed by atoms with van der Waals surface area (Å²) in [6, 6.07) is 5.08. The number of halogens is 3. The Bertz CT molecular complexity index is 507. The van der Waals surface area contributed by atoms with Crippen LogP contribution in [0.3, 0.4) is 0 Å².